The van der Waals surface area contributed by atoms with Crippen LogP contribution in [0.4, 0.5) is 11.5 Å². The Kier molecular flexibility index (Phi) is 4.68. The number of nitrogens with zero attached hydrogens (tertiary/aromatic N) is 1. The summed E-state index contributed by atoms with van der Waals surface area (Å²) >= 11 is 8.09. The number of sulfonamides is 1. The first-order chi connectivity index (χ1) is 9.42. The topological polar surface area (TPSA) is 97.1 Å². The minimum absolute atomic E-state index is 0.0371. The van der Waals surface area contributed by atoms with E-state index in [1.807, 2.05) is 0 Å². The molecule has 9 heteroatoms. The van der Waals surface area contributed by atoms with Crippen molar-refractivity contribution in [3.8, 4) is 0 Å². The van der Waals surface area contributed by atoms with Crippen LogP contribution in [0.15, 0.2) is 41.4 Å². The van der Waals surface area contributed by atoms with Crippen molar-refractivity contribution in [3.05, 3.63) is 45.1 Å². The summed E-state index contributed by atoms with van der Waals surface area (Å²) in [6.45, 7) is 0. The Labute approximate surface area is 134 Å². The lowest BCUT2D eigenvalue weighted by Gasteiger charge is -2.10. The molecule has 1 aromatic carbocycles. The van der Waals surface area contributed by atoms with Crippen LogP contribution in [0.2, 0.25) is 5.02 Å². The maximum absolute atomic E-state index is 12.2. The van der Waals surface area contributed by atoms with E-state index >= 15 is 0 Å². The summed E-state index contributed by atoms with van der Waals surface area (Å²) in [6.07, 6.45) is 1.35. The second kappa shape index (κ2) is 6.12. The van der Waals surface area contributed by atoms with E-state index in [0.717, 1.165) is 3.57 Å². The van der Waals surface area contributed by atoms with E-state index in [1.165, 1.54) is 18.3 Å². The van der Waals surface area contributed by atoms with Crippen LogP contribution in [0.25, 0.3) is 0 Å². The number of nitrogens with one attached hydrogen (secondary N) is 2. The second-order valence-corrected chi connectivity index (χ2v) is 7.09. The van der Waals surface area contributed by atoms with Crippen LogP contribution >= 0.6 is 34.2 Å². The van der Waals surface area contributed by atoms with Gasteiger partial charge in [-0.3, -0.25) is 4.72 Å². The van der Waals surface area contributed by atoms with Crippen LogP contribution in [0.1, 0.15) is 0 Å². The first kappa shape index (κ1) is 15.3. The third-order valence-electron chi connectivity index (χ3n) is 2.37. The maximum atomic E-state index is 12.2. The minimum atomic E-state index is -3.75. The zero-order valence-corrected chi connectivity index (χ0v) is 13.7. The van der Waals surface area contributed by atoms with E-state index in [-0.39, 0.29) is 10.7 Å². The quantitative estimate of drug-likeness (QED) is 0.398. The van der Waals surface area contributed by atoms with Crippen molar-refractivity contribution in [3.63, 3.8) is 0 Å². The average Bonchev–Trinajstić information content (AvgIpc) is 2.42. The van der Waals surface area contributed by atoms with E-state index in [9.17, 15) is 8.42 Å². The van der Waals surface area contributed by atoms with Crippen LogP contribution in [0, 0.1) is 3.57 Å². The van der Waals surface area contributed by atoms with E-state index in [0.29, 0.717) is 10.7 Å². The highest BCUT2D eigenvalue weighted by atomic mass is 127. The van der Waals surface area contributed by atoms with Gasteiger partial charge in [-0.1, -0.05) is 11.6 Å². The number of anilines is 2. The van der Waals surface area contributed by atoms with Crippen molar-refractivity contribution >= 4 is 55.7 Å². The van der Waals surface area contributed by atoms with Crippen molar-refractivity contribution in [1.29, 1.82) is 0 Å². The number of aromatic nitrogens is 1. The molecule has 0 aliphatic heterocycles. The molecule has 0 aliphatic rings. The van der Waals surface area contributed by atoms with Crippen molar-refractivity contribution in [2.75, 3.05) is 10.1 Å². The predicted molar refractivity (Wildman–Crippen MR) is 87.0 cm³/mol. The summed E-state index contributed by atoms with van der Waals surface area (Å²) in [5.74, 6) is 5.46. The van der Waals surface area contributed by atoms with Gasteiger partial charge in [0.2, 0.25) is 0 Å². The van der Waals surface area contributed by atoms with E-state index < -0.39 is 10.0 Å². The largest absolute Gasteiger partial charge is 0.308 e. The zero-order chi connectivity index (χ0) is 14.8. The van der Waals surface area contributed by atoms with Crippen LogP contribution < -0.4 is 16.0 Å². The summed E-state index contributed by atoms with van der Waals surface area (Å²) in [4.78, 5) is 3.89. The number of halogens is 2. The summed E-state index contributed by atoms with van der Waals surface area (Å²) in [6, 6.07) is 7.71. The molecule has 0 aliphatic carbocycles. The van der Waals surface area contributed by atoms with Crippen molar-refractivity contribution in [2.24, 2.45) is 5.84 Å². The third kappa shape index (κ3) is 3.51. The molecular weight excluding hydrogens is 415 g/mol. The first-order valence-electron chi connectivity index (χ1n) is 5.33. The van der Waals surface area contributed by atoms with Gasteiger partial charge in [-0.2, -0.15) is 0 Å². The standard InChI is InChI=1S/C11H10ClIN4O2S/c12-9-5-7(13)1-2-10(9)17-20(18,19)8-3-4-15-11(6-8)16-14/h1-6,17H,14H2,(H,15,16). The number of pyridine rings is 1. The molecule has 0 radical (unpaired) electrons. The van der Waals surface area contributed by atoms with Gasteiger partial charge in [-0.25, -0.2) is 19.2 Å². The molecule has 0 atom stereocenters. The summed E-state index contributed by atoms with van der Waals surface area (Å²) in [5.41, 5.74) is 2.60. The second-order valence-electron chi connectivity index (χ2n) is 3.75. The number of nitrogens with two attached hydrogens (primary N) is 1. The Hall–Kier alpha value is -1.10. The SMILES string of the molecule is NNc1cc(S(=O)(=O)Nc2ccc(I)cc2Cl)ccn1. The first-order valence-corrected chi connectivity index (χ1v) is 8.27. The molecule has 0 saturated heterocycles. The van der Waals surface area contributed by atoms with Crippen LogP contribution in [-0.2, 0) is 10.0 Å². The fourth-order valence-corrected chi connectivity index (χ4v) is 3.48. The molecule has 0 unspecified atom stereocenters. The van der Waals surface area contributed by atoms with E-state index in [4.69, 9.17) is 17.4 Å². The summed E-state index contributed by atoms with van der Waals surface area (Å²) < 4.78 is 27.8. The molecule has 2 aromatic rings. The van der Waals surface area contributed by atoms with Gasteiger partial charge in [0.15, 0.2) is 0 Å². The van der Waals surface area contributed by atoms with Gasteiger partial charge < -0.3 is 5.43 Å². The normalized spacial score (nSPS) is 11.2. The predicted octanol–water partition coefficient (Wildman–Crippen LogP) is 2.43. The molecule has 0 spiro atoms. The van der Waals surface area contributed by atoms with E-state index in [1.54, 1.807) is 18.2 Å². The lowest BCUT2D eigenvalue weighted by atomic mass is 10.3. The third-order valence-corrected chi connectivity index (χ3v) is 4.71. The smallest absolute Gasteiger partial charge is 0.262 e. The molecule has 0 fully saturated rings. The van der Waals surface area contributed by atoms with Gasteiger partial charge in [0, 0.05) is 15.8 Å². The molecule has 20 heavy (non-hydrogen) atoms. The van der Waals surface area contributed by atoms with Crippen molar-refractivity contribution < 1.29 is 8.42 Å². The van der Waals surface area contributed by atoms with Gasteiger partial charge in [-0.05, 0) is 46.9 Å². The Morgan fingerprint density at radius 1 is 1.25 bits per heavy atom. The molecular formula is C11H10ClIN4O2S. The molecule has 2 rings (SSSR count). The Balaban J connectivity index is 2.35. The Morgan fingerprint density at radius 3 is 2.65 bits per heavy atom. The molecule has 4 N–H and O–H groups in total. The van der Waals surface area contributed by atoms with Gasteiger partial charge >= 0.3 is 0 Å². The number of hydrogen-bond donors (Lipinski definition) is 3. The number of hydrogen-bond acceptors (Lipinski definition) is 5. The van der Waals surface area contributed by atoms with E-state index in [2.05, 4.69) is 37.7 Å². The Bertz CT molecular complexity index is 739. The highest BCUT2D eigenvalue weighted by molar-refractivity contribution is 14.1. The molecule has 106 valence electrons. The van der Waals surface area contributed by atoms with Crippen LogP contribution in [-0.4, -0.2) is 13.4 Å². The lowest BCUT2D eigenvalue weighted by Crippen LogP contribution is -2.15. The fourth-order valence-electron chi connectivity index (χ4n) is 1.43. The van der Waals surface area contributed by atoms with Gasteiger partial charge in [0.1, 0.15) is 5.82 Å². The summed E-state index contributed by atoms with van der Waals surface area (Å²) in [7, 11) is -3.75. The number of rotatable bonds is 4. The minimum Gasteiger partial charge on any atom is -0.308 e. The van der Waals surface area contributed by atoms with Gasteiger partial charge in [0.25, 0.3) is 10.0 Å². The molecule has 1 heterocycles. The Morgan fingerprint density at radius 2 is 2.00 bits per heavy atom. The lowest BCUT2D eigenvalue weighted by molar-refractivity contribution is 0.601. The highest BCUT2D eigenvalue weighted by Gasteiger charge is 2.16. The molecule has 0 bridgehead atoms. The molecule has 0 amide bonds. The van der Waals surface area contributed by atoms with Crippen molar-refractivity contribution in [2.45, 2.75) is 4.90 Å². The fraction of sp³-hybridized carbons (Fsp3) is 0. The molecule has 1 aromatic heterocycles. The number of nitrogen functional groups attached to an aromatic ring is 1. The van der Waals surface area contributed by atoms with Crippen molar-refractivity contribution in [1.82, 2.24) is 4.98 Å². The van der Waals surface area contributed by atoms with Crippen LogP contribution in [0.3, 0.4) is 0 Å². The molecule has 0 saturated carbocycles. The van der Waals surface area contributed by atoms with Crippen LogP contribution in [0.5, 0.6) is 0 Å². The molecule has 6 nitrogen and oxygen atoms in total. The number of benzene rings is 1. The highest BCUT2D eigenvalue weighted by Crippen LogP contribution is 2.26. The zero-order valence-electron chi connectivity index (χ0n) is 9.97. The maximum Gasteiger partial charge on any atom is 0.262 e. The summed E-state index contributed by atoms with van der Waals surface area (Å²) in [5, 5.41) is 0.326. The van der Waals surface area contributed by atoms with Gasteiger partial charge in [0.05, 0.1) is 15.6 Å². The monoisotopic (exact) mass is 424 g/mol. The van der Waals surface area contributed by atoms with Gasteiger partial charge in [-0.15, -0.1) is 0 Å². The average molecular weight is 425 g/mol. The number of hydrazine groups is 1.